The predicted octanol–water partition coefficient (Wildman–Crippen LogP) is 1.65. The number of amides is 1. The average Bonchev–Trinajstić information content (AvgIpc) is 2.36. The molecule has 0 aliphatic carbocycles. The summed E-state index contributed by atoms with van der Waals surface area (Å²) in [6.07, 6.45) is 1.61. The zero-order valence-corrected chi connectivity index (χ0v) is 10.4. The molecule has 2 rings (SSSR count). The molecule has 0 saturated carbocycles. The minimum atomic E-state index is -0.958. The maximum Gasteiger partial charge on any atom is 0.323 e. The van der Waals surface area contributed by atoms with Gasteiger partial charge >= 0.3 is 5.97 Å². The Morgan fingerprint density at radius 1 is 1.39 bits per heavy atom. The largest absolute Gasteiger partial charge is 0.480 e. The average molecular weight is 247 g/mol. The van der Waals surface area contributed by atoms with Crippen LogP contribution >= 0.6 is 0 Å². The van der Waals surface area contributed by atoms with Crippen molar-refractivity contribution < 1.29 is 14.7 Å². The number of benzene rings is 1. The molecule has 1 heterocycles. The van der Waals surface area contributed by atoms with Gasteiger partial charge in [-0.3, -0.25) is 9.59 Å². The Hall–Kier alpha value is -1.84. The highest BCUT2D eigenvalue weighted by molar-refractivity contribution is 5.90. The fourth-order valence-corrected chi connectivity index (χ4v) is 2.57. The van der Waals surface area contributed by atoms with E-state index in [1.165, 1.54) is 4.90 Å². The summed E-state index contributed by atoms with van der Waals surface area (Å²) in [7, 11) is 0. The molecule has 4 heteroatoms. The topological polar surface area (TPSA) is 57.6 Å². The summed E-state index contributed by atoms with van der Waals surface area (Å²) < 4.78 is 0. The molecule has 1 saturated heterocycles. The number of rotatable bonds is 3. The lowest BCUT2D eigenvalue weighted by molar-refractivity contribution is -0.149. The van der Waals surface area contributed by atoms with Crippen molar-refractivity contribution in [2.45, 2.75) is 25.2 Å². The van der Waals surface area contributed by atoms with E-state index < -0.39 is 11.4 Å². The van der Waals surface area contributed by atoms with Gasteiger partial charge in [0.25, 0.3) is 0 Å². The molecule has 1 aromatic rings. The molecule has 0 aromatic heterocycles. The lowest BCUT2D eigenvalue weighted by Gasteiger charge is -2.39. The lowest BCUT2D eigenvalue weighted by Crippen LogP contribution is -2.51. The smallest absolute Gasteiger partial charge is 0.323 e. The van der Waals surface area contributed by atoms with E-state index in [0.717, 1.165) is 18.4 Å². The van der Waals surface area contributed by atoms with E-state index in [1.54, 1.807) is 0 Å². The van der Waals surface area contributed by atoms with Crippen LogP contribution in [-0.4, -0.2) is 35.0 Å². The molecule has 96 valence electrons. The first-order valence-corrected chi connectivity index (χ1v) is 6.11. The predicted molar refractivity (Wildman–Crippen MR) is 67.2 cm³/mol. The van der Waals surface area contributed by atoms with Crippen molar-refractivity contribution in [3.8, 4) is 0 Å². The number of nitrogens with zero attached hydrogens (tertiary/aromatic N) is 1. The number of carbonyl (C=O) groups excluding carboxylic acids is 1. The SMILES string of the molecule is CC1(c2ccccc2)CCCN(CC(=O)O)C1=O. The minimum absolute atomic E-state index is 0.0812. The van der Waals surface area contributed by atoms with E-state index in [1.807, 2.05) is 37.3 Å². The number of carboxylic acids is 1. The van der Waals surface area contributed by atoms with Gasteiger partial charge < -0.3 is 10.0 Å². The van der Waals surface area contributed by atoms with E-state index in [-0.39, 0.29) is 12.5 Å². The van der Waals surface area contributed by atoms with E-state index in [9.17, 15) is 9.59 Å². The third-order valence-corrected chi connectivity index (χ3v) is 3.60. The summed E-state index contributed by atoms with van der Waals surface area (Å²) in [5.74, 6) is -1.04. The number of carboxylic acid groups (broad SMARTS) is 1. The monoisotopic (exact) mass is 247 g/mol. The second-order valence-corrected chi connectivity index (χ2v) is 4.92. The highest BCUT2D eigenvalue weighted by atomic mass is 16.4. The molecule has 1 amide bonds. The maximum atomic E-state index is 12.4. The molecule has 1 fully saturated rings. The van der Waals surface area contributed by atoms with E-state index in [0.29, 0.717) is 6.54 Å². The van der Waals surface area contributed by atoms with Crippen molar-refractivity contribution in [1.82, 2.24) is 4.90 Å². The quantitative estimate of drug-likeness (QED) is 0.883. The normalized spacial score (nSPS) is 24.1. The van der Waals surface area contributed by atoms with Crippen LogP contribution in [0.1, 0.15) is 25.3 Å². The number of hydrogen-bond acceptors (Lipinski definition) is 2. The van der Waals surface area contributed by atoms with Crippen LogP contribution in [0.5, 0.6) is 0 Å². The van der Waals surface area contributed by atoms with Crippen molar-refractivity contribution in [2.75, 3.05) is 13.1 Å². The molecular weight excluding hydrogens is 230 g/mol. The summed E-state index contributed by atoms with van der Waals surface area (Å²) in [6.45, 7) is 2.23. The summed E-state index contributed by atoms with van der Waals surface area (Å²) in [5, 5.41) is 8.83. The van der Waals surface area contributed by atoms with Gasteiger partial charge in [0.2, 0.25) is 5.91 Å². The summed E-state index contributed by atoms with van der Waals surface area (Å²) in [5.41, 5.74) is 0.375. The maximum absolute atomic E-state index is 12.4. The fraction of sp³-hybridized carbons (Fsp3) is 0.429. The van der Waals surface area contributed by atoms with Crippen molar-refractivity contribution in [1.29, 1.82) is 0 Å². The second-order valence-electron chi connectivity index (χ2n) is 4.92. The zero-order valence-electron chi connectivity index (χ0n) is 10.4. The molecule has 0 bridgehead atoms. The Balaban J connectivity index is 2.27. The number of likely N-dealkylation sites (tertiary alicyclic amines) is 1. The Labute approximate surface area is 106 Å². The molecule has 4 nitrogen and oxygen atoms in total. The standard InChI is InChI=1S/C14H17NO3/c1-14(11-6-3-2-4-7-11)8-5-9-15(13(14)18)10-12(16)17/h2-4,6-7H,5,8-10H2,1H3,(H,16,17). The molecule has 1 aliphatic rings. The number of carbonyl (C=O) groups is 2. The first-order chi connectivity index (χ1) is 8.54. The second kappa shape index (κ2) is 4.80. The Morgan fingerprint density at radius 3 is 2.67 bits per heavy atom. The van der Waals surface area contributed by atoms with Gasteiger partial charge in [0.15, 0.2) is 0 Å². The van der Waals surface area contributed by atoms with Crippen molar-refractivity contribution in [3.63, 3.8) is 0 Å². The van der Waals surface area contributed by atoms with Gasteiger partial charge in [-0.1, -0.05) is 30.3 Å². The lowest BCUT2D eigenvalue weighted by atomic mass is 9.75. The van der Waals surface area contributed by atoms with Crippen LogP contribution in [0.3, 0.4) is 0 Å². The van der Waals surface area contributed by atoms with Crippen LogP contribution in [0.25, 0.3) is 0 Å². The van der Waals surface area contributed by atoms with Gasteiger partial charge in [0.1, 0.15) is 6.54 Å². The van der Waals surface area contributed by atoms with Crippen LogP contribution in [0.2, 0.25) is 0 Å². The van der Waals surface area contributed by atoms with Crippen LogP contribution in [-0.2, 0) is 15.0 Å². The van der Waals surface area contributed by atoms with Crippen molar-refractivity contribution >= 4 is 11.9 Å². The van der Waals surface area contributed by atoms with E-state index >= 15 is 0 Å². The molecule has 1 atom stereocenters. The van der Waals surface area contributed by atoms with Crippen LogP contribution in [0.4, 0.5) is 0 Å². The third-order valence-electron chi connectivity index (χ3n) is 3.60. The Morgan fingerprint density at radius 2 is 2.06 bits per heavy atom. The summed E-state index contributed by atoms with van der Waals surface area (Å²) in [4.78, 5) is 24.7. The first-order valence-electron chi connectivity index (χ1n) is 6.11. The summed E-state index contributed by atoms with van der Waals surface area (Å²) in [6, 6.07) is 9.59. The molecule has 1 aliphatic heterocycles. The van der Waals surface area contributed by atoms with E-state index in [4.69, 9.17) is 5.11 Å². The van der Waals surface area contributed by atoms with Crippen LogP contribution in [0, 0.1) is 0 Å². The van der Waals surface area contributed by atoms with Gasteiger partial charge in [0.05, 0.1) is 5.41 Å². The number of piperidine rings is 1. The highest BCUT2D eigenvalue weighted by Crippen LogP contribution is 2.34. The van der Waals surface area contributed by atoms with E-state index in [2.05, 4.69) is 0 Å². The zero-order chi connectivity index (χ0) is 13.2. The highest BCUT2D eigenvalue weighted by Gasteiger charge is 2.41. The fourth-order valence-electron chi connectivity index (χ4n) is 2.57. The minimum Gasteiger partial charge on any atom is -0.480 e. The van der Waals surface area contributed by atoms with Gasteiger partial charge in [-0.15, -0.1) is 0 Å². The van der Waals surface area contributed by atoms with Crippen molar-refractivity contribution in [2.24, 2.45) is 0 Å². The number of hydrogen-bond donors (Lipinski definition) is 1. The Bertz CT molecular complexity index is 457. The van der Waals surface area contributed by atoms with Gasteiger partial charge in [-0.25, -0.2) is 0 Å². The number of aliphatic carboxylic acids is 1. The Kier molecular flexibility index (Phi) is 3.36. The van der Waals surface area contributed by atoms with Crippen LogP contribution in [0.15, 0.2) is 30.3 Å². The molecule has 1 unspecified atom stereocenters. The van der Waals surface area contributed by atoms with Gasteiger partial charge in [-0.05, 0) is 25.3 Å². The van der Waals surface area contributed by atoms with Crippen LogP contribution < -0.4 is 0 Å². The van der Waals surface area contributed by atoms with Crippen molar-refractivity contribution in [3.05, 3.63) is 35.9 Å². The third kappa shape index (κ3) is 2.23. The van der Waals surface area contributed by atoms with Gasteiger partial charge in [0, 0.05) is 6.54 Å². The molecule has 18 heavy (non-hydrogen) atoms. The molecule has 1 aromatic carbocycles. The molecular formula is C14H17NO3. The summed E-state index contributed by atoms with van der Waals surface area (Å²) >= 11 is 0. The molecule has 1 N–H and O–H groups in total. The molecule has 0 spiro atoms. The van der Waals surface area contributed by atoms with Gasteiger partial charge in [-0.2, -0.15) is 0 Å². The first kappa shape index (κ1) is 12.6. The molecule has 0 radical (unpaired) electrons.